The minimum absolute atomic E-state index is 0.0277. The molecule has 0 spiro atoms. The number of hydrogen-bond donors (Lipinski definition) is 1. The lowest BCUT2D eigenvalue weighted by Gasteiger charge is -2.20. The number of carbonyl (C=O) groups is 1. The van der Waals surface area contributed by atoms with Crippen LogP contribution in [0.1, 0.15) is 49.9 Å². The van der Waals surface area contributed by atoms with Gasteiger partial charge in [-0.25, -0.2) is 9.50 Å². The number of benzene rings is 1. The summed E-state index contributed by atoms with van der Waals surface area (Å²) in [7, 11) is 0. The molecular weight excluding hydrogens is 372 g/mol. The molecule has 0 radical (unpaired) electrons. The van der Waals surface area contributed by atoms with Gasteiger partial charge in [-0.2, -0.15) is 0 Å². The van der Waals surface area contributed by atoms with Gasteiger partial charge in [-0.05, 0) is 56.4 Å². The molecule has 1 saturated carbocycles. The zero-order valence-corrected chi connectivity index (χ0v) is 17.1. The van der Waals surface area contributed by atoms with E-state index in [2.05, 4.69) is 10.4 Å². The number of anilines is 1. The standard InChI is InChI=1S/C22H25ClN4O/c1-14-12-15(2)27-22(24-14)20(17-8-10-18(23)11-9-17)21(26-27)25-19(28)13-16-6-4-3-5-7-16/h8-12,16H,3-7,13H2,1-2H3,(H,25,26,28). The smallest absolute Gasteiger partial charge is 0.225 e. The Hall–Kier alpha value is -2.40. The van der Waals surface area contributed by atoms with E-state index in [-0.39, 0.29) is 5.91 Å². The average molecular weight is 397 g/mol. The van der Waals surface area contributed by atoms with Crippen molar-refractivity contribution in [3.63, 3.8) is 0 Å². The van der Waals surface area contributed by atoms with E-state index < -0.39 is 0 Å². The van der Waals surface area contributed by atoms with Gasteiger partial charge in [0, 0.05) is 22.8 Å². The summed E-state index contributed by atoms with van der Waals surface area (Å²) in [6, 6.07) is 9.55. The Morgan fingerprint density at radius 1 is 1.18 bits per heavy atom. The first kappa shape index (κ1) is 18.9. The predicted octanol–water partition coefficient (Wildman–Crippen LogP) is 5.58. The molecule has 1 aromatic carbocycles. The van der Waals surface area contributed by atoms with E-state index in [9.17, 15) is 4.79 Å². The van der Waals surface area contributed by atoms with Crippen LogP contribution in [0.3, 0.4) is 0 Å². The number of nitrogens with zero attached hydrogens (tertiary/aromatic N) is 3. The lowest BCUT2D eigenvalue weighted by Crippen LogP contribution is -2.19. The fraction of sp³-hybridized carbons (Fsp3) is 0.409. The van der Waals surface area contributed by atoms with Gasteiger partial charge in [0.1, 0.15) is 0 Å². The Balaban J connectivity index is 1.72. The second-order valence-corrected chi connectivity index (χ2v) is 8.20. The maximum absolute atomic E-state index is 12.7. The van der Waals surface area contributed by atoms with Gasteiger partial charge in [0.25, 0.3) is 0 Å². The van der Waals surface area contributed by atoms with Crippen LogP contribution >= 0.6 is 11.6 Å². The van der Waals surface area contributed by atoms with Crippen LogP contribution in [0.15, 0.2) is 30.3 Å². The van der Waals surface area contributed by atoms with Crippen molar-refractivity contribution in [2.24, 2.45) is 5.92 Å². The fourth-order valence-electron chi connectivity index (χ4n) is 4.13. The van der Waals surface area contributed by atoms with Gasteiger partial charge in [-0.15, -0.1) is 5.10 Å². The number of hydrogen-bond acceptors (Lipinski definition) is 3. The molecular formula is C22H25ClN4O. The quantitative estimate of drug-likeness (QED) is 0.626. The molecule has 3 aromatic rings. The Morgan fingerprint density at radius 3 is 2.61 bits per heavy atom. The molecule has 0 bridgehead atoms. The Morgan fingerprint density at radius 2 is 1.89 bits per heavy atom. The van der Waals surface area contributed by atoms with E-state index in [1.807, 2.05) is 44.2 Å². The second kappa shape index (κ2) is 7.92. The third kappa shape index (κ3) is 3.90. The SMILES string of the molecule is Cc1cc(C)n2nc(NC(=O)CC3CCCCC3)c(-c3ccc(Cl)cc3)c2n1. The van der Waals surface area contributed by atoms with Crippen LogP contribution < -0.4 is 5.32 Å². The zero-order valence-electron chi connectivity index (χ0n) is 16.3. The van der Waals surface area contributed by atoms with Gasteiger partial charge in [-0.3, -0.25) is 4.79 Å². The first-order valence-electron chi connectivity index (χ1n) is 9.94. The molecule has 0 aliphatic heterocycles. The van der Waals surface area contributed by atoms with E-state index in [1.165, 1.54) is 19.3 Å². The normalized spacial score (nSPS) is 15.1. The van der Waals surface area contributed by atoms with Crippen LogP contribution in [0, 0.1) is 19.8 Å². The summed E-state index contributed by atoms with van der Waals surface area (Å²) >= 11 is 6.07. The largest absolute Gasteiger partial charge is 0.309 e. The molecule has 1 fully saturated rings. The number of rotatable bonds is 4. The minimum atomic E-state index is 0.0277. The van der Waals surface area contributed by atoms with Crippen molar-refractivity contribution < 1.29 is 4.79 Å². The highest BCUT2D eigenvalue weighted by Gasteiger charge is 2.22. The summed E-state index contributed by atoms with van der Waals surface area (Å²) < 4.78 is 1.80. The highest BCUT2D eigenvalue weighted by molar-refractivity contribution is 6.30. The highest BCUT2D eigenvalue weighted by Crippen LogP contribution is 2.33. The van der Waals surface area contributed by atoms with Gasteiger partial charge in [0.05, 0.1) is 5.56 Å². The lowest BCUT2D eigenvalue weighted by molar-refractivity contribution is -0.117. The van der Waals surface area contributed by atoms with E-state index in [0.717, 1.165) is 41.0 Å². The molecule has 0 atom stereocenters. The summed E-state index contributed by atoms with van der Waals surface area (Å²) in [5.74, 6) is 1.07. The Kier molecular flexibility index (Phi) is 5.36. The number of halogens is 1. The Bertz CT molecular complexity index is 1000. The molecule has 1 aliphatic carbocycles. The third-order valence-corrected chi connectivity index (χ3v) is 5.74. The number of amides is 1. The maximum Gasteiger partial charge on any atom is 0.225 e. The third-order valence-electron chi connectivity index (χ3n) is 5.48. The molecule has 1 amide bonds. The molecule has 1 aliphatic rings. The number of aryl methyl sites for hydroxylation is 2. The lowest BCUT2D eigenvalue weighted by atomic mass is 9.87. The van der Waals surface area contributed by atoms with Crippen LogP contribution in [0.25, 0.3) is 16.8 Å². The Labute approximate surface area is 170 Å². The van der Waals surface area contributed by atoms with E-state index in [1.54, 1.807) is 4.52 Å². The van der Waals surface area contributed by atoms with Gasteiger partial charge in [-0.1, -0.05) is 43.0 Å². The van der Waals surface area contributed by atoms with Crippen molar-refractivity contribution in [2.75, 3.05) is 5.32 Å². The van der Waals surface area contributed by atoms with Crippen molar-refractivity contribution in [2.45, 2.75) is 52.4 Å². The molecule has 4 rings (SSSR count). The van der Waals surface area contributed by atoms with Crippen LogP contribution in [0.4, 0.5) is 5.82 Å². The van der Waals surface area contributed by atoms with Crippen LogP contribution in [0.5, 0.6) is 0 Å². The van der Waals surface area contributed by atoms with E-state index in [4.69, 9.17) is 16.6 Å². The summed E-state index contributed by atoms with van der Waals surface area (Å²) in [6.07, 6.45) is 6.58. The van der Waals surface area contributed by atoms with Crippen molar-refractivity contribution in [3.8, 4) is 11.1 Å². The summed E-state index contributed by atoms with van der Waals surface area (Å²) in [4.78, 5) is 17.4. The minimum Gasteiger partial charge on any atom is -0.309 e. The maximum atomic E-state index is 12.7. The van der Waals surface area contributed by atoms with E-state index in [0.29, 0.717) is 23.2 Å². The number of aromatic nitrogens is 3. The molecule has 146 valence electrons. The van der Waals surface area contributed by atoms with Crippen LogP contribution in [0.2, 0.25) is 5.02 Å². The monoisotopic (exact) mass is 396 g/mol. The van der Waals surface area contributed by atoms with Crippen molar-refractivity contribution in [1.82, 2.24) is 14.6 Å². The summed E-state index contributed by atoms with van der Waals surface area (Å²) in [5.41, 5.74) is 4.41. The summed E-state index contributed by atoms with van der Waals surface area (Å²) in [5, 5.41) is 8.41. The molecule has 6 heteroatoms. The zero-order chi connectivity index (χ0) is 19.7. The van der Waals surface area contributed by atoms with Crippen LogP contribution in [-0.4, -0.2) is 20.5 Å². The van der Waals surface area contributed by atoms with Crippen molar-refractivity contribution >= 4 is 29.0 Å². The molecule has 0 saturated heterocycles. The molecule has 28 heavy (non-hydrogen) atoms. The molecule has 2 aromatic heterocycles. The predicted molar refractivity (Wildman–Crippen MR) is 113 cm³/mol. The molecule has 1 N–H and O–H groups in total. The van der Waals surface area contributed by atoms with E-state index >= 15 is 0 Å². The van der Waals surface area contributed by atoms with Gasteiger partial charge < -0.3 is 5.32 Å². The molecule has 0 unspecified atom stereocenters. The fourth-order valence-corrected chi connectivity index (χ4v) is 4.25. The highest BCUT2D eigenvalue weighted by atomic mass is 35.5. The topological polar surface area (TPSA) is 59.3 Å². The summed E-state index contributed by atoms with van der Waals surface area (Å²) in [6.45, 7) is 3.96. The van der Waals surface area contributed by atoms with Crippen molar-refractivity contribution in [3.05, 3.63) is 46.7 Å². The number of nitrogens with one attached hydrogen (secondary N) is 1. The first-order valence-corrected chi connectivity index (χ1v) is 10.3. The average Bonchev–Trinajstić information content (AvgIpc) is 3.01. The first-order chi connectivity index (χ1) is 13.5. The van der Waals surface area contributed by atoms with Crippen molar-refractivity contribution in [1.29, 1.82) is 0 Å². The molecule has 5 nitrogen and oxygen atoms in total. The number of fused-ring (bicyclic) bond motifs is 1. The van der Waals surface area contributed by atoms with Gasteiger partial charge in [0.15, 0.2) is 11.5 Å². The van der Waals surface area contributed by atoms with Crippen LogP contribution in [-0.2, 0) is 4.79 Å². The second-order valence-electron chi connectivity index (χ2n) is 7.76. The molecule has 2 heterocycles. The number of carbonyl (C=O) groups excluding carboxylic acids is 1. The van der Waals surface area contributed by atoms with Gasteiger partial charge >= 0.3 is 0 Å². The van der Waals surface area contributed by atoms with Gasteiger partial charge in [0.2, 0.25) is 5.91 Å².